The molecule has 2 rings (SSSR count). The number of thioether (sulfide) groups is 1. The number of nitrogens with zero attached hydrogens (tertiary/aromatic N) is 1. The van der Waals surface area contributed by atoms with E-state index in [0.717, 1.165) is 23.2 Å². The summed E-state index contributed by atoms with van der Waals surface area (Å²) in [6, 6.07) is -0.582. The summed E-state index contributed by atoms with van der Waals surface area (Å²) in [7, 11) is 0. The number of anilines is 1. The Bertz CT molecular complexity index is 424. The third-order valence-electron chi connectivity index (χ3n) is 3.15. The normalized spacial score (nSPS) is 25.0. The second-order valence-electron chi connectivity index (χ2n) is 4.41. The maximum absolute atomic E-state index is 10.8. The SMILES string of the molecule is CSC1CCC(Nc2nc(C(N)C(=O)O)cs2)C1. The highest BCUT2D eigenvalue weighted by atomic mass is 32.2. The van der Waals surface area contributed by atoms with Gasteiger partial charge in [-0.25, -0.2) is 4.98 Å². The summed E-state index contributed by atoms with van der Waals surface area (Å²) in [6.45, 7) is 0. The van der Waals surface area contributed by atoms with Gasteiger partial charge in [-0.2, -0.15) is 11.8 Å². The summed E-state index contributed by atoms with van der Waals surface area (Å²) in [5.74, 6) is -1.05. The van der Waals surface area contributed by atoms with Crippen LogP contribution in [0.15, 0.2) is 5.38 Å². The van der Waals surface area contributed by atoms with Crippen LogP contribution in [0.4, 0.5) is 5.13 Å². The highest BCUT2D eigenvalue weighted by molar-refractivity contribution is 7.99. The molecule has 0 saturated heterocycles. The van der Waals surface area contributed by atoms with Crippen molar-refractivity contribution in [2.45, 2.75) is 36.6 Å². The molecule has 18 heavy (non-hydrogen) atoms. The number of hydrogen-bond donors (Lipinski definition) is 3. The smallest absolute Gasteiger partial charge is 0.326 e. The van der Waals surface area contributed by atoms with Crippen molar-refractivity contribution in [2.75, 3.05) is 11.6 Å². The molecular weight excluding hydrogens is 270 g/mol. The van der Waals surface area contributed by atoms with Gasteiger partial charge in [0.05, 0.1) is 5.69 Å². The number of aliphatic carboxylic acids is 1. The van der Waals surface area contributed by atoms with Gasteiger partial charge in [-0.1, -0.05) is 0 Å². The van der Waals surface area contributed by atoms with E-state index in [1.807, 2.05) is 11.8 Å². The van der Waals surface area contributed by atoms with Crippen molar-refractivity contribution in [1.82, 2.24) is 4.98 Å². The van der Waals surface area contributed by atoms with Gasteiger partial charge in [0.1, 0.15) is 6.04 Å². The molecule has 1 saturated carbocycles. The molecule has 1 heterocycles. The summed E-state index contributed by atoms with van der Waals surface area (Å²) < 4.78 is 0. The van der Waals surface area contributed by atoms with Crippen molar-refractivity contribution < 1.29 is 9.90 Å². The summed E-state index contributed by atoms with van der Waals surface area (Å²) in [4.78, 5) is 15.0. The Balaban J connectivity index is 1.93. The molecule has 3 unspecified atom stereocenters. The Kier molecular flexibility index (Phi) is 4.47. The Morgan fingerprint density at radius 1 is 1.72 bits per heavy atom. The topological polar surface area (TPSA) is 88.2 Å². The van der Waals surface area contributed by atoms with Crippen molar-refractivity contribution >= 4 is 34.2 Å². The van der Waals surface area contributed by atoms with E-state index in [4.69, 9.17) is 10.8 Å². The standard InChI is InChI=1S/C11H17N3O2S2/c1-17-7-3-2-6(4-7)13-11-14-8(5-18-11)9(12)10(15)16/h5-7,9H,2-4,12H2,1H3,(H,13,14)(H,15,16). The molecule has 0 spiro atoms. The van der Waals surface area contributed by atoms with Gasteiger partial charge in [0, 0.05) is 16.7 Å². The molecule has 100 valence electrons. The first kappa shape index (κ1) is 13.6. The lowest BCUT2D eigenvalue weighted by atomic mass is 10.2. The third-order valence-corrected chi connectivity index (χ3v) is 5.04. The van der Waals surface area contributed by atoms with Crippen molar-refractivity contribution in [3.63, 3.8) is 0 Å². The second-order valence-corrected chi connectivity index (χ2v) is 6.40. The monoisotopic (exact) mass is 287 g/mol. The maximum Gasteiger partial charge on any atom is 0.326 e. The third kappa shape index (κ3) is 3.15. The first-order valence-electron chi connectivity index (χ1n) is 5.83. The van der Waals surface area contributed by atoms with Gasteiger partial charge in [-0.3, -0.25) is 4.79 Å². The predicted octanol–water partition coefficient (Wildman–Crippen LogP) is 1.92. The quantitative estimate of drug-likeness (QED) is 0.767. The van der Waals surface area contributed by atoms with Gasteiger partial charge in [0.2, 0.25) is 0 Å². The van der Waals surface area contributed by atoms with Gasteiger partial charge in [0.25, 0.3) is 0 Å². The minimum Gasteiger partial charge on any atom is -0.480 e. The van der Waals surface area contributed by atoms with Crippen molar-refractivity contribution in [1.29, 1.82) is 0 Å². The first-order chi connectivity index (χ1) is 8.60. The molecule has 1 aromatic rings. The van der Waals surface area contributed by atoms with Crippen LogP contribution in [-0.4, -0.2) is 33.6 Å². The van der Waals surface area contributed by atoms with Gasteiger partial charge < -0.3 is 16.2 Å². The molecule has 1 aromatic heterocycles. The molecule has 3 atom stereocenters. The zero-order chi connectivity index (χ0) is 13.1. The number of carboxylic acid groups (broad SMARTS) is 1. The number of rotatable bonds is 5. The van der Waals surface area contributed by atoms with E-state index >= 15 is 0 Å². The summed E-state index contributed by atoms with van der Waals surface area (Å²) in [6.07, 6.45) is 5.65. The molecule has 1 fully saturated rings. The van der Waals surface area contributed by atoms with Crippen LogP contribution in [0.2, 0.25) is 0 Å². The van der Waals surface area contributed by atoms with E-state index < -0.39 is 12.0 Å². The van der Waals surface area contributed by atoms with Crippen LogP contribution in [0, 0.1) is 0 Å². The average Bonchev–Trinajstić information content (AvgIpc) is 2.97. The molecule has 7 heteroatoms. The molecule has 5 nitrogen and oxygen atoms in total. The van der Waals surface area contributed by atoms with E-state index in [0.29, 0.717) is 11.7 Å². The lowest BCUT2D eigenvalue weighted by Gasteiger charge is -2.11. The van der Waals surface area contributed by atoms with E-state index in [2.05, 4.69) is 16.6 Å². The first-order valence-corrected chi connectivity index (χ1v) is 8.00. The van der Waals surface area contributed by atoms with Gasteiger partial charge >= 0.3 is 5.97 Å². The fourth-order valence-corrected chi connectivity index (χ4v) is 3.70. The van der Waals surface area contributed by atoms with Gasteiger partial charge in [0.15, 0.2) is 5.13 Å². The fourth-order valence-electron chi connectivity index (χ4n) is 2.08. The lowest BCUT2D eigenvalue weighted by Crippen LogP contribution is -2.21. The average molecular weight is 287 g/mol. The summed E-state index contributed by atoms with van der Waals surface area (Å²) >= 11 is 3.32. The van der Waals surface area contributed by atoms with E-state index in [1.54, 1.807) is 5.38 Å². The van der Waals surface area contributed by atoms with Crippen LogP contribution < -0.4 is 11.1 Å². The zero-order valence-corrected chi connectivity index (χ0v) is 11.8. The molecule has 0 aromatic carbocycles. The Morgan fingerprint density at radius 3 is 3.11 bits per heavy atom. The van der Waals surface area contributed by atoms with Crippen LogP contribution in [0.25, 0.3) is 0 Å². The Hall–Kier alpha value is -0.790. The molecule has 4 N–H and O–H groups in total. The van der Waals surface area contributed by atoms with Crippen molar-refractivity contribution in [2.24, 2.45) is 5.73 Å². The Labute approximate surface area is 114 Å². The van der Waals surface area contributed by atoms with Crippen LogP contribution in [0.1, 0.15) is 31.0 Å². The van der Waals surface area contributed by atoms with Crippen molar-refractivity contribution in [3.8, 4) is 0 Å². The van der Waals surface area contributed by atoms with Crippen LogP contribution in [0.3, 0.4) is 0 Å². The molecule has 1 aliphatic carbocycles. The minimum absolute atomic E-state index is 0.425. The molecular formula is C11H17N3O2S2. The molecule has 0 bridgehead atoms. The number of carbonyl (C=O) groups is 1. The minimum atomic E-state index is -1.05. The number of thiazole rings is 1. The molecule has 0 radical (unpaired) electrons. The van der Waals surface area contributed by atoms with Crippen molar-refractivity contribution in [3.05, 3.63) is 11.1 Å². The second kappa shape index (κ2) is 5.90. The number of carboxylic acids is 1. The van der Waals surface area contributed by atoms with Crippen LogP contribution >= 0.6 is 23.1 Å². The van der Waals surface area contributed by atoms with E-state index in [1.165, 1.54) is 17.8 Å². The van der Waals surface area contributed by atoms with Gasteiger partial charge in [-0.05, 0) is 25.5 Å². The van der Waals surface area contributed by atoms with Gasteiger partial charge in [-0.15, -0.1) is 11.3 Å². The number of aromatic nitrogens is 1. The van der Waals surface area contributed by atoms with E-state index in [-0.39, 0.29) is 0 Å². The largest absolute Gasteiger partial charge is 0.480 e. The molecule has 1 aliphatic rings. The van der Waals surface area contributed by atoms with Crippen LogP contribution in [-0.2, 0) is 4.79 Å². The number of nitrogens with one attached hydrogen (secondary N) is 1. The predicted molar refractivity (Wildman–Crippen MR) is 75.2 cm³/mol. The summed E-state index contributed by atoms with van der Waals surface area (Å²) in [5.41, 5.74) is 5.94. The maximum atomic E-state index is 10.8. The number of hydrogen-bond acceptors (Lipinski definition) is 6. The highest BCUT2D eigenvalue weighted by Crippen LogP contribution is 2.31. The van der Waals surface area contributed by atoms with E-state index in [9.17, 15) is 4.79 Å². The zero-order valence-electron chi connectivity index (χ0n) is 10.1. The Morgan fingerprint density at radius 2 is 2.50 bits per heavy atom. The fraction of sp³-hybridized carbons (Fsp3) is 0.636. The highest BCUT2D eigenvalue weighted by Gasteiger charge is 2.25. The molecule has 0 aliphatic heterocycles. The lowest BCUT2D eigenvalue weighted by molar-refractivity contribution is -0.138. The van der Waals surface area contributed by atoms with Crippen LogP contribution in [0.5, 0.6) is 0 Å². The number of nitrogens with two attached hydrogens (primary N) is 1. The molecule has 0 amide bonds. The summed E-state index contributed by atoms with van der Waals surface area (Å²) in [5, 5.41) is 15.4.